The topological polar surface area (TPSA) is 0 Å². The first-order chi connectivity index (χ1) is 12.1. The van der Waals surface area contributed by atoms with Crippen molar-refractivity contribution in [2.45, 2.75) is 40.5 Å². The van der Waals surface area contributed by atoms with Crippen LogP contribution in [-0.2, 0) is 16.6 Å². The molecular formula is C22H24S2Ti. The maximum atomic E-state index is 2.45. The summed E-state index contributed by atoms with van der Waals surface area (Å²) in [6.07, 6.45) is 16.4. The van der Waals surface area contributed by atoms with Crippen LogP contribution >= 0.6 is 22.7 Å². The van der Waals surface area contributed by atoms with Crippen molar-refractivity contribution in [1.29, 1.82) is 0 Å². The fraction of sp³-hybridized carbons (Fsp3) is 0.273. The minimum atomic E-state index is -2.84. The van der Waals surface area contributed by atoms with Crippen molar-refractivity contribution in [2.75, 3.05) is 0 Å². The molecule has 0 saturated heterocycles. The number of thiophene rings is 2. The summed E-state index contributed by atoms with van der Waals surface area (Å²) in [4.78, 5) is 3.06. The molecule has 0 atom stereocenters. The van der Waals surface area contributed by atoms with Gasteiger partial charge in [0.2, 0.25) is 0 Å². The van der Waals surface area contributed by atoms with Crippen molar-refractivity contribution >= 4 is 30.4 Å². The Hall–Kier alpha value is -0.926. The molecule has 0 aliphatic heterocycles. The average molecular weight is 400 g/mol. The molecule has 0 amide bonds. The van der Waals surface area contributed by atoms with Crippen LogP contribution in [0, 0.1) is 27.7 Å². The summed E-state index contributed by atoms with van der Waals surface area (Å²) in [6.45, 7) is 9.36. The summed E-state index contributed by atoms with van der Waals surface area (Å²) in [7, 11) is 0. The van der Waals surface area contributed by atoms with E-state index in [0.717, 1.165) is 12.8 Å². The Bertz CT molecular complexity index is 830. The van der Waals surface area contributed by atoms with Gasteiger partial charge in [-0.25, -0.2) is 0 Å². The minimum absolute atomic E-state index is 1.13. The molecular weight excluding hydrogens is 376 g/mol. The third kappa shape index (κ3) is 2.58. The van der Waals surface area contributed by atoms with E-state index in [4.69, 9.17) is 0 Å². The fourth-order valence-electron chi connectivity index (χ4n) is 4.69. The van der Waals surface area contributed by atoms with Gasteiger partial charge in [0.25, 0.3) is 0 Å². The van der Waals surface area contributed by atoms with Gasteiger partial charge in [-0.2, -0.15) is 0 Å². The monoisotopic (exact) mass is 400 g/mol. The molecule has 2 aromatic rings. The van der Waals surface area contributed by atoms with E-state index in [9.17, 15) is 0 Å². The molecule has 0 nitrogen and oxygen atoms in total. The van der Waals surface area contributed by atoms with Gasteiger partial charge in [0.15, 0.2) is 0 Å². The standard InChI is InChI=1S/2C6H7S.2C5H5.Ti/c2*1-5-3-6(2)7-4-5;2*1-2-4-5-3-1;/h2*4H,1-2H3;2*1-3H,4H2;. The molecule has 25 heavy (non-hydrogen) atoms. The fourth-order valence-corrected chi connectivity index (χ4v) is 17.5. The maximum absolute atomic E-state index is 2.84. The molecule has 2 heterocycles. The predicted molar refractivity (Wildman–Crippen MR) is 111 cm³/mol. The van der Waals surface area contributed by atoms with Crippen LogP contribution in [-0.4, -0.2) is 0 Å². The van der Waals surface area contributed by atoms with Gasteiger partial charge in [-0.3, -0.25) is 0 Å². The van der Waals surface area contributed by atoms with Gasteiger partial charge < -0.3 is 0 Å². The summed E-state index contributed by atoms with van der Waals surface area (Å²) in [5.41, 5.74) is 3.02. The first-order valence-electron chi connectivity index (χ1n) is 8.89. The molecule has 3 heteroatoms. The van der Waals surface area contributed by atoms with E-state index in [0.29, 0.717) is 0 Å². The molecule has 4 rings (SSSR count). The SMILES string of the molecule is Cc1csc(C)[c]1[Ti]([C]1=CC=CC1)([C]1=CC=CC1)[c]1c(C)csc1C. The van der Waals surface area contributed by atoms with E-state index < -0.39 is 16.6 Å². The van der Waals surface area contributed by atoms with Crippen LogP contribution in [0.5, 0.6) is 0 Å². The van der Waals surface area contributed by atoms with Gasteiger partial charge in [-0.1, -0.05) is 0 Å². The molecule has 0 unspecified atom stereocenters. The van der Waals surface area contributed by atoms with E-state index in [-0.39, 0.29) is 0 Å². The van der Waals surface area contributed by atoms with Crippen LogP contribution in [0.3, 0.4) is 0 Å². The van der Waals surface area contributed by atoms with Crippen LogP contribution in [0.2, 0.25) is 0 Å². The zero-order valence-electron chi connectivity index (χ0n) is 15.3. The number of aryl methyl sites for hydroxylation is 4. The average Bonchev–Trinajstić information content (AvgIpc) is 3.36. The Morgan fingerprint density at radius 3 is 1.44 bits per heavy atom. The van der Waals surface area contributed by atoms with Crippen LogP contribution in [0.15, 0.2) is 55.0 Å². The van der Waals surface area contributed by atoms with Crippen molar-refractivity contribution in [3.63, 3.8) is 0 Å². The Balaban J connectivity index is 2.13. The van der Waals surface area contributed by atoms with E-state index in [1.807, 2.05) is 22.7 Å². The molecule has 128 valence electrons. The summed E-state index contributed by atoms with van der Waals surface area (Å²) in [5, 5.41) is 4.77. The Morgan fingerprint density at radius 1 is 0.720 bits per heavy atom. The van der Waals surface area contributed by atoms with E-state index >= 15 is 0 Å². The molecule has 0 bridgehead atoms. The second-order valence-electron chi connectivity index (χ2n) is 7.10. The van der Waals surface area contributed by atoms with Gasteiger partial charge in [-0.05, 0) is 0 Å². The Morgan fingerprint density at radius 2 is 1.16 bits per heavy atom. The second kappa shape index (κ2) is 6.66. The van der Waals surface area contributed by atoms with Crippen molar-refractivity contribution in [3.8, 4) is 0 Å². The van der Waals surface area contributed by atoms with E-state index in [2.05, 4.69) is 74.9 Å². The number of allylic oxidation sites excluding steroid dienone is 8. The molecule has 2 aliphatic rings. The molecule has 0 aromatic carbocycles. The molecule has 0 spiro atoms. The van der Waals surface area contributed by atoms with Crippen molar-refractivity contribution < 1.29 is 16.6 Å². The first-order valence-corrected chi connectivity index (χ1v) is 13.8. The summed E-state index contributed by atoms with van der Waals surface area (Å²) >= 11 is 1.03. The van der Waals surface area contributed by atoms with Gasteiger partial charge in [0.05, 0.1) is 0 Å². The Labute approximate surface area is 162 Å². The van der Waals surface area contributed by atoms with Crippen LogP contribution in [0.4, 0.5) is 0 Å². The molecule has 0 N–H and O–H groups in total. The molecule has 0 radical (unpaired) electrons. The van der Waals surface area contributed by atoms with Gasteiger partial charge in [0, 0.05) is 0 Å². The molecule has 0 saturated carbocycles. The van der Waals surface area contributed by atoms with Crippen LogP contribution in [0.25, 0.3) is 0 Å². The molecule has 2 aliphatic carbocycles. The summed E-state index contributed by atoms with van der Waals surface area (Å²) < 4.78 is 6.84. The zero-order chi connectivity index (χ0) is 17.6. The van der Waals surface area contributed by atoms with Crippen LogP contribution < -0.4 is 7.74 Å². The van der Waals surface area contributed by atoms with Crippen molar-refractivity contribution in [2.24, 2.45) is 0 Å². The van der Waals surface area contributed by atoms with E-state index in [1.165, 1.54) is 20.9 Å². The normalized spacial score (nSPS) is 16.6. The Kier molecular flexibility index (Phi) is 4.66. The summed E-state index contributed by atoms with van der Waals surface area (Å²) in [5.74, 6) is 0. The van der Waals surface area contributed by atoms with E-state index in [1.54, 1.807) is 15.5 Å². The molecule has 0 fully saturated rings. The molecule has 2 aromatic heterocycles. The van der Waals surface area contributed by atoms with Gasteiger partial charge >= 0.3 is 163 Å². The first kappa shape index (κ1) is 17.5. The summed E-state index contributed by atoms with van der Waals surface area (Å²) in [6, 6.07) is 0. The van der Waals surface area contributed by atoms with Crippen molar-refractivity contribution in [3.05, 3.63) is 75.9 Å². The predicted octanol–water partition coefficient (Wildman–Crippen LogP) is 5.84. The third-order valence-corrected chi connectivity index (χ3v) is 17.1. The number of hydrogen-bond acceptors (Lipinski definition) is 2. The number of rotatable bonds is 4. The third-order valence-electron chi connectivity index (χ3n) is 5.57. The van der Waals surface area contributed by atoms with Gasteiger partial charge in [-0.15, -0.1) is 0 Å². The quantitative estimate of drug-likeness (QED) is 0.566. The number of hydrogen-bond donors (Lipinski definition) is 0. The second-order valence-corrected chi connectivity index (χ2v) is 15.2. The zero-order valence-corrected chi connectivity index (χ0v) is 18.5. The van der Waals surface area contributed by atoms with Crippen molar-refractivity contribution in [1.82, 2.24) is 0 Å². The van der Waals surface area contributed by atoms with Gasteiger partial charge in [0.1, 0.15) is 0 Å². The van der Waals surface area contributed by atoms with Crippen LogP contribution in [0.1, 0.15) is 33.7 Å².